The third kappa shape index (κ3) is 3.66. The van der Waals surface area contributed by atoms with Crippen molar-refractivity contribution < 1.29 is 9.53 Å². The zero-order valence-corrected chi connectivity index (χ0v) is 9.45. The van der Waals surface area contributed by atoms with E-state index in [1.54, 1.807) is 0 Å². The Kier molecular flexibility index (Phi) is 4.39. The summed E-state index contributed by atoms with van der Waals surface area (Å²) in [6.07, 6.45) is 5.05. The minimum Gasteiger partial charge on any atom is -0.462 e. The van der Waals surface area contributed by atoms with Gasteiger partial charge in [0.1, 0.15) is 0 Å². The predicted octanol–water partition coefficient (Wildman–Crippen LogP) is 1.81. The maximum Gasteiger partial charge on any atom is 0.320 e. The van der Waals surface area contributed by atoms with Gasteiger partial charge in [-0.2, -0.15) is 0 Å². The molecule has 0 spiro atoms. The van der Waals surface area contributed by atoms with Crippen LogP contribution in [0, 0.1) is 0 Å². The van der Waals surface area contributed by atoms with Gasteiger partial charge in [-0.05, 0) is 33.7 Å². The van der Waals surface area contributed by atoms with Crippen LogP contribution in [0.2, 0.25) is 0 Å². The van der Waals surface area contributed by atoms with Crippen molar-refractivity contribution in [3.05, 3.63) is 0 Å². The van der Waals surface area contributed by atoms with Crippen LogP contribution in [0.4, 0.5) is 0 Å². The van der Waals surface area contributed by atoms with Gasteiger partial charge in [-0.25, -0.2) is 0 Å². The second-order valence-corrected chi connectivity index (χ2v) is 4.39. The number of hydrogen-bond acceptors (Lipinski definition) is 3. The highest BCUT2D eigenvalue weighted by molar-refractivity contribution is 5.71. The van der Waals surface area contributed by atoms with Gasteiger partial charge in [0.15, 0.2) is 0 Å². The molecule has 0 aromatic heterocycles. The summed E-state index contributed by atoms with van der Waals surface area (Å²) < 4.78 is 5.10. The molecule has 0 aliphatic heterocycles. The van der Waals surface area contributed by atoms with E-state index < -0.39 is 0 Å². The average molecular weight is 199 g/mol. The Bertz CT molecular complexity index is 186. The molecule has 14 heavy (non-hydrogen) atoms. The van der Waals surface area contributed by atoms with Gasteiger partial charge in [-0.1, -0.05) is 12.8 Å². The lowest BCUT2D eigenvalue weighted by Crippen LogP contribution is -2.35. The van der Waals surface area contributed by atoms with E-state index in [9.17, 15) is 4.79 Å². The zero-order valence-electron chi connectivity index (χ0n) is 9.45. The van der Waals surface area contributed by atoms with Gasteiger partial charge in [0.05, 0.1) is 12.6 Å². The number of esters is 1. The molecule has 0 bridgehead atoms. The molecule has 3 heteroatoms. The topological polar surface area (TPSA) is 29.5 Å². The number of hydrogen-bond donors (Lipinski definition) is 0. The van der Waals surface area contributed by atoms with Gasteiger partial charge in [0, 0.05) is 6.04 Å². The molecule has 0 atom stereocenters. The quantitative estimate of drug-likeness (QED) is 0.647. The molecule has 0 radical (unpaired) electrons. The predicted molar refractivity (Wildman–Crippen MR) is 56.1 cm³/mol. The van der Waals surface area contributed by atoms with Crippen LogP contribution >= 0.6 is 0 Å². The number of likely N-dealkylation sites (N-methyl/N-ethyl adjacent to an activating group) is 1. The second kappa shape index (κ2) is 5.35. The lowest BCUT2D eigenvalue weighted by Gasteiger charge is -2.23. The van der Waals surface area contributed by atoms with Gasteiger partial charge in [-0.15, -0.1) is 0 Å². The Balaban J connectivity index is 2.24. The summed E-state index contributed by atoms with van der Waals surface area (Å²) in [6, 6.07) is 0.592. The first-order valence-electron chi connectivity index (χ1n) is 5.49. The van der Waals surface area contributed by atoms with Crippen molar-refractivity contribution in [3.63, 3.8) is 0 Å². The van der Waals surface area contributed by atoms with E-state index in [1.807, 2.05) is 20.9 Å². The molecule has 0 aromatic rings. The summed E-state index contributed by atoms with van der Waals surface area (Å²) in [5, 5.41) is 0. The molecule has 82 valence electrons. The van der Waals surface area contributed by atoms with Crippen molar-refractivity contribution in [2.24, 2.45) is 0 Å². The van der Waals surface area contributed by atoms with E-state index in [2.05, 4.69) is 4.90 Å². The van der Waals surface area contributed by atoms with Crippen molar-refractivity contribution in [1.82, 2.24) is 4.90 Å². The minimum absolute atomic E-state index is 0.000483. The van der Waals surface area contributed by atoms with E-state index in [0.29, 0.717) is 12.6 Å². The third-order valence-electron chi connectivity index (χ3n) is 2.69. The van der Waals surface area contributed by atoms with E-state index in [-0.39, 0.29) is 12.1 Å². The highest BCUT2D eigenvalue weighted by Crippen LogP contribution is 2.22. The van der Waals surface area contributed by atoms with E-state index in [4.69, 9.17) is 4.74 Å². The first kappa shape index (κ1) is 11.5. The number of rotatable bonds is 4. The summed E-state index contributed by atoms with van der Waals surface area (Å²) in [7, 11) is 2.01. The molecule has 3 nitrogen and oxygen atoms in total. The fourth-order valence-electron chi connectivity index (χ4n) is 1.98. The van der Waals surface area contributed by atoms with Crippen LogP contribution in [0.15, 0.2) is 0 Å². The SMILES string of the molecule is CC(C)OC(=O)CN(C)C1CCCC1. The molecule has 0 amide bonds. The lowest BCUT2D eigenvalue weighted by molar-refractivity contribution is -0.148. The number of ether oxygens (including phenoxy) is 1. The molecule has 1 aliphatic rings. The summed E-state index contributed by atoms with van der Waals surface area (Å²) in [5.74, 6) is -0.102. The van der Waals surface area contributed by atoms with Crippen molar-refractivity contribution in [1.29, 1.82) is 0 Å². The van der Waals surface area contributed by atoms with Crippen molar-refractivity contribution in [2.75, 3.05) is 13.6 Å². The Morgan fingerprint density at radius 1 is 1.43 bits per heavy atom. The van der Waals surface area contributed by atoms with E-state index in [0.717, 1.165) is 0 Å². The monoisotopic (exact) mass is 199 g/mol. The fraction of sp³-hybridized carbons (Fsp3) is 0.909. The maximum absolute atomic E-state index is 11.4. The van der Waals surface area contributed by atoms with Crippen LogP contribution in [0.25, 0.3) is 0 Å². The van der Waals surface area contributed by atoms with Crippen LogP contribution in [0.1, 0.15) is 39.5 Å². The highest BCUT2D eigenvalue weighted by atomic mass is 16.5. The van der Waals surface area contributed by atoms with Crippen molar-refractivity contribution in [2.45, 2.75) is 51.7 Å². The van der Waals surface area contributed by atoms with Gasteiger partial charge in [-0.3, -0.25) is 9.69 Å². The summed E-state index contributed by atoms with van der Waals surface area (Å²) >= 11 is 0. The molecular formula is C11H21NO2. The largest absolute Gasteiger partial charge is 0.462 e. The van der Waals surface area contributed by atoms with Crippen LogP contribution in [0.3, 0.4) is 0 Å². The molecule has 0 heterocycles. The fourth-order valence-corrected chi connectivity index (χ4v) is 1.98. The minimum atomic E-state index is -0.102. The third-order valence-corrected chi connectivity index (χ3v) is 2.69. The average Bonchev–Trinajstić information content (AvgIpc) is 2.53. The van der Waals surface area contributed by atoms with Crippen LogP contribution in [0.5, 0.6) is 0 Å². The van der Waals surface area contributed by atoms with Gasteiger partial charge >= 0.3 is 5.97 Å². The Morgan fingerprint density at radius 3 is 2.50 bits per heavy atom. The molecule has 0 aromatic carbocycles. The summed E-state index contributed by atoms with van der Waals surface area (Å²) in [5.41, 5.74) is 0. The number of nitrogens with zero attached hydrogens (tertiary/aromatic N) is 1. The summed E-state index contributed by atoms with van der Waals surface area (Å²) in [6.45, 7) is 4.20. The second-order valence-electron chi connectivity index (χ2n) is 4.39. The Hall–Kier alpha value is -0.570. The molecule has 1 rings (SSSR count). The standard InChI is InChI=1S/C11H21NO2/c1-9(2)14-11(13)8-12(3)10-6-4-5-7-10/h9-10H,4-8H2,1-3H3. The molecule has 0 unspecified atom stereocenters. The molecule has 1 fully saturated rings. The van der Waals surface area contributed by atoms with Crippen LogP contribution in [-0.2, 0) is 9.53 Å². The molecule has 1 saturated carbocycles. The van der Waals surface area contributed by atoms with E-state index in [1.165, 1.54) is 25.7 Å². The molecule has 0 saturated heterocycles. The first-order valence-corrected chi connectivity index (χ1v) is 5.49. The van der Waals surface area contributed by atoms with Crippen molar-refractivity contribution >= 4 is 5.97 Å². The number of carbonyl (C=O) groups is 1. The van der Waals surface area contributed by atoms with Gasteiger partial charge < -0.3 is 4.74 Å². The smallest absolute Gasteiger partial charge is 0.320 e. The Morgan fingerprint density at radius 2 is 2.00 bits per heavy atom. The Labute approximate surface area is 86.4 Å². The zero-order chi connectivity index (χ0) is 10.6. The van der Waals surface area contributed by atoms with Crippen LogP contribution < -0.4 is 0 Å². The summed E-state index contributed by atoms with van der Waals surface area (Å²) in [4.78, 5) is 13.5. The molecule has 0 N–H and O–H groups in total. The van der Waals surface area contributed by atoms with Crippen LogP contribution in [-0.4, -0.2) is 36.6 Å². The highest BCUT2D eigenvalue weighted by Gasteiger charge is 2.21. The van der Waals surface area contributed by atoms with Gasteiger partial charge in [0.2, 0.25) is 0 Å². The van der Waals surface area contributed by atoms with Crippen molar-refractivity contribution in [3.8, 4) is 0 Å². The lowest BCUT2D eigenvalue weighted by atomic mass is 10.2. The maximum atomic E-state index is 11.4. The normalized spacial score (nSPS) is 18.1. The molecular weight excluding hydrogens is 178 g/mol. The molecule has 1 aliphatic carbocycles. The first-order chi connectivity index (χ1) is 6.59. The van der Waals surface area contributed by atoms with E-state index >= 15 is 0 Å². The van der Waals surface area contributed by atoms with Gasteiger partial charge in [0.25, 0.3) is 0 Å². The number of carbonyl (C=O) groups excluding carboxylic acids is 1.